The van der Waals surface area contributed by atoms with Gasteiger partial charge in [-0.25, -0.2) is 9.89 Å². The number of H-pyrrole nitrogens is 1. The first-order chi connectivity index (χ1) is 12.1. The molecule has 3 atom stereocenters. The Hall–Kier alpha value is -2.20. The van der Waals surface area contributed by atoms with Crippen molar-refractivity contribution in [2.45, 2.75) is 44.2 Å². The smallest absolute Gasteiger partial charge is 0.407 e. The molecule has 0 radical (unpaired) electrons. The summed E-state index contributed by atoms with van der Waals surface area (Å²) in [6.45, 7) is 1.11. The van der Waals surface area contributed by atoms with Crippen LogP contribution in [0.5, 0.6) is 0 Å². The SMILES string of the molecule is C#C[C@@H]1CCCCC1NC(=O)O[C@@H]1CCN(c2cn[nH]c(=O)c2Cl)C1. The molecule has 2 heterocycles. The Balaban J connectivity index is 1.54. The lowest BCUT2D eigenvalue weighted by atomic mass is 9.85. The molecular formula is C17H21ClN4O3. The maximum Gasteiger partial charge on any atom is 0.407 e. The van der Waals surface area contributed by atoms with Gasteiger partial charge in [-0.3, -0.25) is 4.79 Å². The van der Waals surface area contributed by atoms with E-state index in [9.17, 15) is 9.59 Å². The van der Waals surface area contributed by atoms with Crippen molar-refractivity contribution < 1.29 is 9.53 Å². The van der Waals surface area contributed by atoms with Crippen LogP contribution in [0.3, 0.4) is 0 Å². The minimum atomic E-state index is -0.436. The molecule has 3 rings (SSSR count). The number of nitrogens with one attached hydrogen (secondary N) is 2. The van der Waals surface area contributed by atoms with E-state index >= 15 is 0 Å². The second-order valence-corrected chi connectivity index (χ2v) is 6.85. The molecule has 8 heteroatoms. The number of halogens is 1. The van der Waals surface area contributed by atoms with Gasteiger partial charge in [-0.2, -0.15) is 5.10 Å². The summed E-state index contributed by atoms with van der Waals surface area (Å²) in [6, 6.07) is -0.0184. The summed E-state index contributed by atoms with van der Waals surface area (Å²) in [6.07, 6.45) is 11.0. The van der Waals surface area contributed by atoms with Gasteiger partial charge in [0.15, 0.2) is 0 Å². The summed E-state index contributed by atoms with van der Waals surface area (Å²) in [5.74, 6) is 2.83. The predicted molar refractivity (Wildman–Crippen MR) is 94.7 cm³/mol. The maximum atomic E-state index is 12.2. The van der Waals surface area contributed by atoms with E-state index in [-0.39, 0.29) is 23.1 Å². The first-order valence-electron chi connectivity index (χ1n) is 8.50. The van der Waals surface area contributed by atoms with Crippen LogP contribution in [-0.2, 0) is 4.74 Å². The summed E-state index contributed by atoms with van der Waals surface area (Å²) < 4.78 is 5.52. The predicted octanol–water partition coefficient (Wildman–Crippen LogP) is 1.92. The first-order valence-corrected chi connectivity index (χ1v) is 8.87. The third-order valence-corrected chi connectivity index (χ3v) is 5.19. The van der Waals surface area contributed by atoms with Crippen molar-refractivity contribution in [1.82, 2.24) is 15.5 Å². The normalized spacial score (nSPS) is 26.1. The number of terminal acetylenes is 1. The number of nitrogens with zero attached hydrogens (tertiary/aromatic N) is 2. The summed E-state index contributed by atoms with van der Waals surface area (Å²) >= 11 is 6.02. The Morgan fingerprint density at radius 1 is 1.44 bits per heavy atom. The molecule has 2 N–H and O–H groups in total. The maximum absolute atomic E-state index is 12.2. The molecule has 7 nitrogen and oxygen atoms in total. The lowest BCUT2D eigenvalue weighted by molar-refractivity contribution is 0.101. The molecule has 2 fully saturated rings. The molecule has 1 amide bonds. The fourth-order valence-corrected chi connectivity index (χ4v) is 3.69. The van der Waals surface area contributed by atoms with Crippen LogP contribution >= 0.6 is 11.6 Å². The largest absolute Gasteiger partial charge is 0.444 e. The minimum Gasteiger partial charge on any atom is -0.444 e. The van der Waals surface area contributed by atoms with Gasteiger partial charge in [0.25, 0.3) is 5.56 Å². The number of carbonyl (C=O) groups is 1. The number of anilines is 1. The Morgan fingerprint density at radius 3 is 3.04 bits per heavy atom. The highest BCUT2D eigenvalue weighted by atomic mass is 35.5. The fraction of sp³-hybridized carbons (Fsp3) is 0.588. The zero-order chi connectivity index (χ0) is 17.8. The van der Waals surface area contributed by atoms with Crippen LogP contribution in [0.2, 0.25) is 5.02 Å². The van der Waals surface area contributed by atoms with E-state index in [2.05, 4.69) is 21.4 Å². The molecule has 134 valence electrons. The standard InChI is InChI=1S/C17H21ClN4O3/c1-2-11-5-3-4-6-13(11)20-17(24)25-12-7-8-22(10-12)14-9-19-21-16(23)15(14)18/h1,9,11-13H,3-8,10H2,(H,20,24)(H,21,23)/t11-,12-,13?/m1/s1. The number of aromatic nitrogens is 2. The van der Waals surface area contributed by atoms with Crippen LogP contribution < -0.4 is 15.8 Å². The number of carbonyl (C=O) groups excluding carboxylic acids is 1. The van der Waals surface area contributed by atoms with Crippen molar-refractivity contribution in [3.8, 4) is 12.3 Å². The monoisotopic (exact) mass is 364 g/mol. The molecule has 0 bridgehead atoms. The average molecular weight is 365 g/mol. The summed E-state index contributed by atoms with van der Waals surface area (Å²) in [4.78, 5) is 25.6. The number of aromatic amines is 1. The molecule has 1 aromatic heterocycles. The molecule has 1 aliphatic heterocycles. The Morgan fingerprint density at radius 2 is 2.24 bits per heavy atom. The molecule has 1 aliphatic carbocycles. The highest BCUT2D eigenvalue weighted by molar-refractivity contribution is 6.33. The highest BCUT2D eigenvalue weighted by Gasteiger charge is 2.30. The summed E-state index contributed by atoms with van der Waals surface area (Å²) in [5.41, 5.74) is 0.121. The second kappa shape index (κ2) is 7.79. The van der Waals surface area contributed by atoms with Crippen LogP contribution in [0.25, 0.3) is 0 Å². The molecule has 1 saturated heterocycles. The first kappa shape index (κ1) is 17.6. The van der Waals surface area contributed by atoms with Crippen LogP contribution in [0.4, 0.5) is 10.5 Å². The fourth-order valence-electron chi connectivity index (χ4n) is 3.48. The molecule has 2 aliphatic rings. The van der Waals surface area contributed by atoms with Gasteiger partial charge in [0.1, 0.15) is 11.1 Å². The van der Waals surface area contributed by atoms with Crippen LogP contribution in [0, 0.1) is 18.3 Å². The van der Waals surface area contributed by atoms with Gasteiger partial charge < -0.3 is 15.0 Å². The number of hydrogen-bond acceptors (Lipinski definition) is 5. The Kier molecular flexibility index (Phi) is 5.49. The minimum absolute atomic E-state index is 0.0184. The Labute approximate surface area is 151 Å². The van der Waals surface area contributed by atoms with E-state index in [1.54, 1.807) is 0 Å². The van der Waals surface area contributed by atoms with E-state index in [1.807, 2.05) is 4.90 Å². The lowest BCUT2D eigenvalue weighted by Gasteiger charge is -2.28. The van der Waals surface area contributed by atoms with Gasteiger partial charge in [0, 0.05) is 24.9 Å². The van der Waals surface area contributed by atoms with Gasteiger partial charge in [0.05, 0.1) is 18.4 Å². The zero-order valence-electron chi connectivity index (χ0n) is 13.8. The van der Waals surface area contributed by atoms with Crippen LogP contribution in [0.1, 0.15) is 32.1 Å². The van der Waals surface area contributed by atoms with Crippen molar-refractivity contribution in [1.29, 1.82) is 0 Å². The van der Waals surface area contributed by atoms with Crippen molar-refractivity contribution in [3.63, 3.8) is 0 Å². The molecule has 1 unspecified atom stereocenters. The van der Waals surface area contributed by atoms with E-state index in [0.29, 0.717) is 25.2 Å². The van der Waals surface area contributed by atoms with Gasteiger partial charge in [-0.05, 0) is 12.8 Å². The Bertz CT molecular complexity index is 729. The second-order valence-electron chi connectivity index (χ2n) is 6.47. The topological polar surface area (TPSA) is 87.3 Å². The quantitative estimate of drug-likeness (QED) is 0.800. The van der Waals surface area contributed by atoms with E-state index in [1.165, 1.54) is 6.20 Å². The molecule has 0 spiro atoms. The zero-order valence-corrected chi connectivity index (χ0v) is 14.6. The van der Waals surface area contributed by atoms with Gasteiger partial charge in [-0.15, -0.1) is 12.3 Å². The van der Waals surface area contributed by atoms with Gasteiger partial charge >= 0.3 is 6.09 Å². The highest BCUT2D eigenvalue weighted by Crippen LogP contribution is 2.26. The number of hydrogen-bond donors (Lipinski definition) is 2. The van der Waals surface area contributed by atoms with Crippen LogP contribution in [-0.4, -0.2) is 41.5 Å². The van der Waals surface area contributed by atoms with Crippen molar-refractivity contribution in [2.75, 3.05) is 18.0 Å². The van der Waals surface area contributed by atoms with Gasteiger partial charge in [0.2, 0.25) is 0 Å². The summed E-state index contributed by atoms with van der Waals surface area (Å²) in [7, 11) is 0. The van der Waals surface area contributed by atoms with E-state index < -0.39 is 11.7 Å². The number of amides is 1. The number of ether oxygens (including phenoxy) is 1. The number of alkyl carbamates (subject to hydrolysis) is 1. The van der Waals surface area contributed by atoms with Crippen molar-refractivity contribution in [3.05, 3.63) is 21.6 Å². The number of rotatable bonds is 3. The lowest BCUT2D eigenvalue weighted by Crippen LogP contribution is -2.43. The van der Waals surface area contributed by atoms with Crippen LogP contribution in [0.15, 0.2) is 11.0 Å². The third kappa shape index (κ3) is 4.07. The molecule has 0 aromatic carbocycles. The average Bonchev–Trinajstić information content (AvgIpc) is 3.06. The van der Waals surface area contributed by atoms with Crippen molar-refractivity contribution >= 4 is 23.4 Å². The van der Waals surface area contributed by atoms with Gasteiger partial charge in [-0.1, -0.05) is 24.4 Å². The van der Waals surface area contributed by atoms with E-state index in [0.717, 1.165) is 25.7 Å². The molecule has 1 aromatic rings. The molecular weight excluding hydrogens is 344 g/mol. The van der Waals surface area contributed by atoms with E-state index in [4.69, 9.17) is 22.8 Å². The molecule has 25 heavy (non-hydrogen) atoms. The third-order valence-electron chi connectivity index (χ3n) is 4.82. The molecule has 1 saturated carbocycles. The van der Waals surface area contributed by atoms with Crippen molar-refractivity contribution in [2.24, 2.45) is 5.92 Å². The summed E-state index contributed by atoms with van der Waals surface area (Å²) in [5, 5.41) is 9.06.